The Kier molecular flexibility index (Phi) is 8.03. The highest BCUT2D eigenvalue weighted by Gasteiger charge is 2.29. The minimum atomic E-state index is -3.56. The van der Waals surface area contributed by atoms with Gasteiger partial charge in [-0.25, -0.2) is 8.42 Å². The van der Waals surface area contributed by atoms with Gasteiger partial charge in [-0.3, -0.25) is 0 Å². The van der Waals surface area contributed by atoms with Crippen LogP contribution < -0.4 is 15.5 Å². The monoisotopic (exact) mass is 514 g/mol. The average molecular weight is 515 g/mol. The number of nitrogens with zero attached hydrogens (tertiary/aromatic N) is 2. The third-order valence-electron chi connectivity index (χ3n) is 7.35. The Bertz CT molecular complexity index is 1170. The van der Waals surface area contributed by atoms with E-state index in [1.54, 1.807) is 16.4 Å². The number of hydrogen-bond donors (Lipinski definition) is 2. The molecule has 35 heavy (non-hydrogen) atoms. The van der Waals surface area contributed by atoms with Crippen LogP contribution >= 0.6 is 12.2 Å². The molecule has 0 unspecified atom stereocenters. The summed E-state index contributed by atoms with van der Waals surface area (Å²) in [5.41, 5.74) is 4.96. The second kappa shape index (κ2) is 10.8. The van der Waals surface area contributed by atoms with Gasteiger partial charge >= 0.3 is 0 Å². The lowest BCUT2D eigenvalue weighted by Crippen LogP contribution is -2.38. The van der Waals surface area contributed by atoms with Crippen molar-refractivity contribution >= 4 is 44.4 Å². The van der Waals surface area contributed by atoms with Crippen LogP contribution in [0.2, 0.25) is 0 Å². The predicted octanol–water partition coefficient (Wildman–Crippen LogP) is 5.77. The molecule has 2 aliphatic heterocycles. The molecule has 6 nitrogen and oxygen atoms in total. The standard InChI is InChI=1S/C27H38N4O2S2/c1-19-9-13-30(14-10-19)26-8-6-23(35(32,33)31-15-11-20(2)12-16-31)18-25(26)29-27(34)28-24-7-5-21(3)17-22(24)4/h5-8,17-20H,9-16H2,1-4H3,(H2,28,29,34). The summed E-state index contributed by atoms with van der Waals surface area (Å²) in [5, 5.41) is 7.07. The van der Waals surface area contributed by atoms with Crippen molar-refractivity contribution in [2.75, 3.05) is 41.7 Å². The van der Waals surface area contributed by atoms with Crippen molar-refractivity contribution in [2.45, 2.75) is 58.3 Å². The van der Waals surface area contributed by atoms with Crippen molar-refractivity contribution in [3.05, 3.63) is 47.5 Å². The molecule has 0 atom stereocenters. The number of rotatable bonds is 5. The molecule has 0 spiro atoms. The number of thiocarbonyl (C=S) groups is 1. The van der Waals surface area contributed by atoms with Crippen molar-refractivity contribution in [3.8, 4) is 0 Å². The van der Waals surface area contributed by atoms with Gasteiger partial charge < -0.3 is 15.5 Å². The summed E-state index contributed by atoms with van der Waals surface area (Å²) in [6.45, 7) is 11.6. The Balaban J connectivity index is 1.62. The molecule has 2 aromatic rings. The van der Waals surface area contributed by atoms with E-state index < -0.39 is 10.0 Å². The van der Waals surface area contributed by atoms with Crippen LogP contribution in [0.5, 0.6) is 0 Å². The van der Waals surface area contributed by atoms with E-state index >= 15 is 0 Å². The first-order chi connectivity index (χ1) is 16.6. The first-order valence-corrected chi connectivity index (χ1v) is 14.5. The van der Waals surface area contributed by atoms with E-state index in [0.717, 1.165) is 61.4 Å². The second-order valence-electron chi connectivity index (χ2n) is 10.3. The number of hydrogen-bond acceptors (Lipinski definition) is 4. The van der Waals surface area contributed by atoms with Gasteiger partial charge in [0.05, 0.1) is 16.3 Å². The van der Waals surface area contributed by atoms with Gasteiger partial charge in [-0.2, -0.15) is 4.31 Å². The molecule has 0 radical (unpaired) electrons. The van der Waals surface area contributed by atoms with Gasteiger partial charge in [0, 0.05) is 31.9 Å². The molecular formula is C27H38N4O2S2. The summed E-state index contributed by atoms with van der Waals surface area (Å²) in [4.78, 5) is 2.65. The fourth-order valence-electron chi connectivity index (χ4n) is 4.91. The number of nitrogens with one attached hydrogen (secondary N) is 2. The van der Waals surface area contributed by atoms with Crippen LogP contribution in [-0.4, -0.2) is 44.0 Å². The van der Waals surface area contributed by atoms with Gasteiger partial charge in [0.15, 0.2) is 5.11 Å². The van der Waals surface area contributed by atoms with Gasteiger partial charge in [0.2, 0.25) is 10.0 Å². The molecule has 2 N–H and O–H groups in total. The second-order valence-corrected chi connectivity index (χ2v) is 12.7. The lowest BCUT2D eigenvalue weighted by atomic mass is 9.98. The van der Waals surface area contributed by atoms with Crippen molar-refractivity contribution in [3.63, 3.8) is 0 Å². The molecule has 0 bridgehead atoms. The molecule has 2 fully saturated rings. The van der Waals surface area contributed by atoms with E-state index in [9.17, 15) is 8.42 Å². The third kappa shape index (κ3) is 6.16. The maximum absolute atomic E-state index is 13.5. The highest BCUT2D eigenvalue weighted by molar-refractivity contribution is 7.89. The van der Waals surface area contributed by atoms with Crippen LogP contribution in [0.3, 0.4) is 0 Å². The van der Waals surface area contributed by atoms with Crippen LogP contribution in [0, 0.1) is 25.7 Å². The molecule has 2 heterocycles. The number of anilines is 3. The van der Waals surface area contributed by atoms with E-state index in [0.29, 0.717) is 34.9 Å². The summed E-state index contributed by atoms with van der Waals surface area (Å²) in [6.07, 6.45) is 4.05. The van der Waals surface area contributed by atoms with Gasteiger partial charge in [-0.05, 0) is 93.4 Å². The van der Waals surface area contributed by atoms with Gasteiger partial charge in [-0.1, -0.05) is 31.5 Å². The largest absolute Gasteiger partial charge is 0.370 e. The number of piperidine rings is 2. The highest BCUT2D eigenvalue weighted by Crippen LogP contribution is 2.34. The summed E-state index contributed by atoms with van der Waals surface area (Å²) in [7, 11) is -3.56. The SMILES string of the molecule is Cc1ccc(NC(=S)Nc2cc(S(=O)(=O)N3CCC(C)CC3)ccc2N2CCC(C)CC2)c(C)c1. The Morgan fingerprint density at radius 3 is 2.09 bits per heavy atom. The zero-order valence-electron chi connectivity index (χ0n) is 21.3. The fraction of sp³-hybridized carbons (Fsp3) is 0.519. The summed E-state index contributed by atoms with van der Waals surface area (Å²) < 4.78 is 28.6. The Labute approximate surface area is 216 Å². The topological polar surface area (TPSA) is 64.7 Å². The Morgan fingerprint density at radius 2 is 1.46 bits per heavy atom. The minimum Gasteiger partial charge on any atom is -0.370 e. The lowest BCUT2D eigenvalue weighted by Gasteiger charge is -2.34. The zero-order chi connectivity index (χ0) is 25.2. The summed E-state index contributed by atoms with van der Waals surface area (Å²) in [6, 6.07) is 11.6. The molecule has 0 saturated carbocycles. The van der Waals surface area contributed by atoms with E-state index in [1.807, 2.05) is 25.1 Å². The number of benzene rings is 2. The van der Waals surface area contributed by atoms with Crippen molar-refractivity contribution in [2.24, 2.45) is 11.8 Å². The number of sulfonamides is 1. The summed E-state index contributed by atoms with van der Waals surface area (Å²) in [5.74, 6) is 1.27. The first-order valence-electron chi connectivity index (χ1n) is 12.7. The molecule has 2 aromatic carbocycles. The fourth-order valence-corrected chi connectivity index (χ4v) is 6.62. The van der Waals surface area contributed by atoms with E-state index in [-0.39, 0.29) is 0 Å². The van der Waals surface area contributed by atoms with Crippen molar-refractivity contribution in [1.82, 2.24) is 4.31 Å². The normalized spacial score (nSPS) is 18.5. The van der Waals surface area contributed by atoms with Crippen molar-refractivity contribution < 1.29 is 8.42 Å². The van der Waals surface area contributed by atoms with Gasteiger partial charge in [0.25, 0.3) is 0 Å². The van der Waals surface area contributed by atoms with E-state index in [4.69, 9.17) is 12.2 Å². The Morgan fingerprint density at radius 1 is 0.857 bits per heavy atom. The van der Waals surface area contributed by atoms with Gasteiger partial charge in [-0.15, -0.1) is 0 Å². The highest BCUT2D eigenvalue weighted by atomic mass is 32.2. The third-order valence-corrected chi connectivity index (χ3v) is 9.45. The maximum atomic E-state index is 13.5. The molecule has 4 rings (SSSR count). The van der Waals surface area contributed by atoms with Crippen LogP contribution in [0.25, 0.3) is 0 Å². The van der Waals surface area contributed by atoms with Crippen LogP contribution in [0.4, 0.5) is 17.1 Å². The molecule has 0 aliphatic carbocycles. The average Bonchev–Trinajstić information content (AvgIpc) is 2.82. The molecule has 190 valence electrons. The van der Waals surface area contributed by atoms with Crippen LogP contribution in [0.15, 0.2) is 41.3 Å². The molecule has 8 heteroatoms. The maximum Gasteiger partial charge on any atom is 0.243 e. The molecule has 0 amide bonds. The quantitative estimate of drug-likeness (QED) is 0.494. The Hall–Kier alpha value is -2.16. The van der Waals surface area contributed by atoms with Crippen molar-refractivity contribution in [1.29, 1.82) is 0 Å². The molecular weight excluding hydrogens is 476 g/mol. The first kappa shape index (κ1) is 25.9. The summed E-state index contributed by atoms with van der Waals surface area (Å²) >= 11 is 5.66. The molecule has 0 aromatic heterocycles. The smallest absolute Gasteiger partial charge is 0.243 e. The molecule has 2 saturated heterocycles. The molecule has 2 aliphatic rings. The van der Waals surface area contributed by atoms with Crippen LogP contribution in [0.1, 0.15) is 50.7 Å². The van der Waals surface area contributed by atoms with Crippen LogP contribution in [-0.2, 0) is 10.0 Å². The zero-order valence-corrected chi connectivity index (χ0v) is 22.9. The minimum absolute atomic E-state index is 0.318. The lowest BCUT2D eigenvalue weighted by molar-refractivity contribution is 0.288. The number of aryl methyl sites for hydroxylation is 2. The van der Waals surface area contributed by atoms with Gasteiger partial charge in [0.1, 0.15) is 0 Å². The predicted molar refractivity (Wildman–Crippen MR) is 150 cm³/mol. The van der Waals surface area contributed by atoms with E-state index in [2.05, 4.69) is 42.4 Å². The van der Waals surface area contributed by atoms with E-state index in [1.165, 1.54) is 5.56 Å².